The first-order valence-corrected chi connectivity index (χ1v) is 10.8. The van der Waals surface area contributed by atoms with E-state index in [2.05, 4.69) is 36.6 Å². The van der Waals surface area contributed by atoms with Gasteiger partial charge in [0, 0.05) is 35.3 Å². The Kier molecular flexibility index (Phi) is 5.37. The van der Waals surface area contributed by atoms with E-state index in [1.807, 2.05) is 42.3 Å². The number of fused-ring (bicyclic) bond motifs is 2. The summed E-state index contributed by atoms with van der Waals surface area (Å²) in [6.45, 7) is 5.20. The van der Waals surface area contributed by atoms with Crippen molar-refractivity contribution in [1.29, 1.82) is 0 Å². The Morgan fingerprint density at radius 2 is 1.89 bits per heavy atom. The number of thiazole rings is 1. The van der Waals surface area contributed by atoms with Crippen molar-refractivity contribution >= 4 is 56.5 Å². The monoisotopic (exact) mass is 431 g/mol. The van der Waals surface area contributed by atoms with Crippen LogP contribution in [0.2, 0.25) is 10.0 Å². The predicted octanol–water partition coefficient (Wildman–Crippen LogP) is 6.68. The molecule has 0 amide bonds. The minimum atomic E-state index is 0.703. The fourth-order valence-electron chi connectivity index (χ4n) is 3.34. The SMILES string of the molecule is CCC(=Cc1sc2ccc(Cl)cc2[n+]1CC)C=C1Oc2ccc(Cl)cc2N1C. The Balaban J connectivity index is 1.73. The van der Waals surface area contributed by atoms with Crippen molar-refractivity contribution in [2.75, 3.05) is 11.9 Å². The quantitative estimate of drug-likeness (QED) is 0.428. The van der Waals surface area contributed by atoms with Crippen LogP contribution in [0.3, 0.4) is 0 Å². The maximum Gasteiger partial charge on any atom is 0.263 e. The van der Waals surface area contributed by atoms with Gasteiger partial charge < -0.3 is 9.64 Å². The Labute approximate surface area is 179 Å². The van der Waals surface area contributed by atoms with Crippen molar-refractivity contribution < 1.29 is 9.30 Å². The van der Waals surface area contributed by atoms with Crippen LogP contribution in [-0.4, -0.2) is 7.05 Å². The molecule has 0 atom stereocenters. The highest BCUT2D eigenvalue weighted by atomic mass is 35.5. The van der Waals surface area contributed by atoms with Gasteiger partial charge in [-0.3, -0.25) is 0 Å². The average Bonchev–Trinajstić information content (AvgIpc) is 3.18. The number of rotatable bonds is 4. The van der Waals surface area contributed by atoms with Gasteiger partial charge in [-0.15, -0.1) is 0 Å². The van der Waals surface area contributed by atoms with Crippen LogP contribution in [0.1, 0.15) is 25.3 Å². The smallest absolute Gasteiger partial charge is 0.263 e. The van der Waals surface area contributed by atoms with Crippen LogP contribution in [0.4, 0.5) is 5.69 Å². The standard InChI is InChI=1S/C22H21Cl2N2OS/c1-4-14(10-21-25(3)17-12-15(23)6-8-19(17)27-21)11-22-26(5-2)18-13-16(24)7-9-20(18)28-22/h6-13H,4-5H2,1-3H3/q+1. The van der Waals surface area contributed by atoms with Crippen molar-refractivity contribution in [3.8, 4) is 5.75 Å². The average molecular weight is 432 g/mol. The Morgan fingerprint density at radius 3 is 2.64 bits per heavy atom. The normalized spacial score (nSPS) is 15.4. The van der Waals surface area contributed by atoms with E-state index in [4.69, 9.17) is 27.9 Å². The Bertz CT molecular complexity index is 1120. The summed E-state index contributed by atoms with van der Waals surface area (Å²) in [6, 6.07) is 11.7. The van der Waals surface area contributed by atoms with Crippen molar-refractivity contribution in [2.45, 2.75) is 26.8 Å². The first kappa shape index (κ1) is 19.3. The minimum absolute atomic E-state index is 0.703. The molecule has 0 N–H and O–H groups in total. The molecule has 3 nitrogen and oxygen atoms in total. The number of benzene rings is 2. The number of ether oxygens (including phenoxy) is 1. The molecule has 2 aromatic carbocycles. The van der Waals surface area contributed by atoms with Crippen LogP contribution in [0.15, 0.2) is 53.9 Å². The number of hydrogen-bond donors (Lipinski definition) is 0. The van der Waals surface area contributed by atoms with E-state index in [9.17, 15) is 0 Å². The van der Waals surface area contributed by atoms with Gasteiger partial charge in [0.15, 0.2) is 5.75 Å². The molecule has 1 aliphatic rings. The number of aromatic nitrogens is 1. The lowest BCUT2D eigenvalue weighted by atomic mass is 10.2. The van der Waals surface area contributed by atoms with Crippen molar-refractivity contribution in [3.63, 3.8) is 0 Å². The van der Waals surface area contributed by atoms with E-state index in [0.29, 0.717) is 5.02 Å². The first-order valence-electron chi connectivity index (χ1n) is 9.25. The van der Waals surface area contributed by atoms with E-state index < -0.39 is 0 Å². The van der Waals surface area contributed by atoms with E-state index in [0.717, 1.165) is 35.3 Å². The molecule has 1 aromatic heterocycles. The predicted molar refractivity (Wildman–Crippen MR) is 120 cm³/mol. The first-order chi connectivity index (χ1) is 13.5. The van der Waals surface area contributed by atoms with E-state index in [-0.39, 0.29) is 0 Å². The lowest BCUT2D eigenvalue weighted by Gasteiger charge is -2.11. The molecule has 6 heteroatoms. The number of anilines is 1. The molecule has 28 heavy (non-hydrogen) atoms. The third kappa shape index (κ3) is 3.52. The van der Waals surface area contributed by atoms with Crippen LogP contribution in [0.25, 0.3) is 16.3 Å². The number of nitrogens with zero attached hydrogens (tertiary/aromatic N) is 2. The van der Waals surface area contributed by atoms with Crippen LogP contribution in [-0.2, 0) is 6.54 Å². The van der Waals surface area contributed by atoms with Gasteiger partial charge >= 0.3 is 0 Å². The van der Waals surface area contributed by atoms with Crippen LogP contribution < -0.4 is 14.2 Å². The maximum atomic E-state index is 6.21. The summed E-state index contributed by atoms with van der Waals surface area (Å²) in [5.74, 6) is 1.63. The molecule has 0 aliphatic carbocycles. The van der Waals surface area contributed by atoms with Crippen molar-refractivity contribution in [3.05, 3.63) is 69.0 Å². The van der Waals surface area contributed by atoms with E-state index in [1.165, 1.54) is 20.8 Å². The molecule has 4 rings (SSSR count). The molecule has 2 heterocycles. The fraction of sp³-hybridized carbons (Fsp3) is 0.227. The number of hydrogen-bond acceptors (Lipinski definition) is 3. The Hall–Kier alpha value is -2.01. The lowest BCUT2D eigenvalue weighted by Crippen LogP contribution is -2.33. The van der Waals surface area contributed by atoms with E-state index >= 15 is 0 Å². The lowest BCUT2D eigenvalue weighted by molar-refractivity contribution is -0.665. The molecule has 1 aliphatic heterocycles. The summed E-state index contributed by atoms with van der Waals surface area (Å²) >= 11 is 14.1. The maximum absolute atomic E-state index is 6.21. The number of allylic oxidation sites excluding steroid dienone is 2. The summed E-state index contributed by atoms with van der Waals surface area (Å²) in [6.07, 6.45) is 5.24. The highest BCUT2D eigenvalue weighted by Gasteiger charge is 2.24. The summed E-state index contributed by atoms with van der Waals surface area (Å²) in [5, 5.41) is 2.67. The molecule has 3 aromatic rings. The number of aryl methyl sites for hydroxylation is 1. The molecule has 0 spiro atoms. The summed E-state index contributed by atoms with van der Waals surface area (Å²) < 4.78 is 9.57. The van der Waals surface area contributed by atoms with Crippen molar-refractivity contribution in [1.82, 2.24) is 0 Å². The number of halogens is 2. The second-order valence-electron chi connectivity index (χ2n) is 6.63. The fourth-order valence-corrected chi connectivity index (χ4v) is 4.85. The molecule has 0 unspecified atom stereocenters. The van der Waals surface area contributed by atoms with Crippen LogP contribution >= 0.6 is 34.5 Å². The summed E-state index contributed by atoms with van der Waals surface area (Å²) in [7, 11) is 1.99. The van der Waals surface area contributed by atoms with Gasteiger partial charge in [-0.05, 0) is 49.2 Å². The molecule has 0 saturated carbocycles. The molecule has 0 fully saturated rings. The molecule has 144 valence electrons. The van der Waals surface area contributed by atoms with Crippen LogP contribution in [0.5, 0.6) is 5.75 Å². The van der Waals surface area contributed by atoms with Gasteiger partial charge in [0.1, 0.15) is 11.2 Å². The molecule has 0 bridgehead atoms. The van der Waals surface area contributed by atoms with Crippen molar-refractivity contribution in [2.24, 2.45) is 0 Å². The van der Waals surface area contributed by atoms with Gasteiger partial charge in [-0.25, -0.2) is 0 Å². The molecular weight excluding hydrogens is 411 g/mol. The molecule has 0 saturated heterocycles. The van der Waals surface area contributed by atoms with Gasteiger partial charge in [-0.1, -0.05) is 41.5 Å². The third-order valence-electron chi connectivity index (χ3n) is 4.86. The summed E-state index contributed by atoms with van der Waals surface area (Å²) in [5.41, 5.74) is 3.35. The van der Waals surface area contributed by atoms with Gasteiger partial charge in [-0.2, -0.15) is 4.57 Å². The Morgan fingerprint density at radius 1 is 1.14 bits per heavy atom. The molecule has 0 radical (unpaired) electrons. The highest BCUT2D eigenvalue weighted by molar-refractivity contribution is 7.18. The zero-order chi connectivity index (χ0) is 19.8. The van der Waals surface area contributed by atoms with Gasteiger partial charge in [0.2, 0.25) is 11.4 Å². The zero-order valence-corrected chi connectivity index (χ0v) is 18.3. The van der Waals surface area contributed by atoms with Gasteiger partial charge in [0.25, 0.3) is 5.01 Å². The second kappa shape index (κ2) is 7.78. The highest BCUT2D eigenvalue weighted by Crippen LogP contribution is 2.40. The zero-order valence-electron chi connectivity index (χ0n) is 16.0. The second-order valence-corrected chi connectivity index (χ2v) is 8.56. The van der Waals surface area contributed by atoms with Crippen LogP contribution in [0, 0.1) is 0 Å². The minimum Gasteiger partial charge on any atom is -0.439 e. The molecular formula is C22H21Cl2N2OS+. The topological polar surface area (TPSA) is 16.4 Å². The largest absolute Gasteiger partial charge is 0.439 e. The van der Waals surface area contributed by atoms with E-state index in [1.54, 1.807) is 11.3 Å². The van der Waals surface area contributed by atoms with Gasteiger partial charge in [0.05, 0.1) is 5.69 Å². The third-order valence-corrected chi connectivity index (χ3v) is 6.44. The summed E-state index contributed by atoms with van der Waals surface area (Å²) in [4.78, 5) is 2.03.